The number of benzene rings is 2. The first kappa shape index (κ1) is 30.0. The normalized spacial score (nSPS) is 14.4. The molecule has 1 aliphatic heterocycles. The average Bonchev–Trinajstić information content (AvgIpc) is 3.81. The van der Waals surface area contributed by atoms with Crippen LogP contribution in [0.1, 0.15) is 48.0 Å². The van der Waals surface area contributed by atoms with Gasteiger partial charge in [-0.15, -0.1) is 22.7 Å². The molecule has 1 aliphatic rings. The summed E-state index contributed by atoms with van der Waals surface area (Å²) in [6.45, 7) is 0.535. The topological polar surface area (TPSA) is 161 Å². The second-order valence-electron chi connectivity index (χ2n) is 9.59. The minimum Gasteiger partial charge on any atom is -0.352 e. The Morgan fingerprint density at radius 2 is 1.74 bits per heavy atom. The third kappa shape index (κ3) is 7.67. The van der Waals surface area contributed by atoms with Gasteiger partial charge in [-0.3, -0.25) is 25.0 Å². The monoisotopic (exact) mass is 618 g/mol. The van der Waals surface area contributed by atoms with Gasteiger partial charge in [0.05, 0.1) is 11.4 Å². The van der Waals surface area contributed by atoms with E-state index in [9.17, 15) is 14.4 Å². The van der Waals surface area contributed by atoms with Crippen molar-refractivity contribution in [2.75, 3.05) is 17.0 Å². The number of anilines is 2. The van der Waals surface area contributed by atoms with Crippen molar-refractivity contribution in [3.63, 3.8) is 0 Å². The van der Waals surface area contributed by atoms with Crippen molar-refractivity contribution in [1.82, 2.24) is 26.2 Å². The summed E-state index contributed by atoms with van der Waals surface area (Å²) in [4.78, 5) is 45.9. The van der Waals surface area contributed by atoms with Gasteiger partial charge in [0, 0.05) is 46.6 Å². The molecule has 4 aromatic rings. The molecule has 12 nitrogen and oxygen atoms in total. The third-order valence-corrected chi connectivity index (χ3v) is 8.12. The van der Waals surface area contributed by atoms with Crippen LogP contribution in [-0.4, -0.2) is 51.2 Å². The number of thiazole rings is 2. The summed E-state index contributed by atoms with van der Waals surface area (Å²) in [7, 11) is 0. The van der Waals surface area contributed by atoms with Crippen LogP contribution in [0.4, 0.5) is 10.3 Å². The van der Waals surface area contributed by atoms with E-state index in [1.54, 1.807) is 23.8 Å². The van der Waals surface area contributed by atoms with E-state index in [4.69, 9.17) is 5.21 Å². The number of hydrazone groups is 1. The number of rotatable bonds is 14. The van der Waals surface area contributed by atoms with Gasteiger partial charge >= 0.3 is 0 Å². The quantitative estimate of drug-likeness (QED) is 0.0799. The molecule has 14 heteroatoms. The minimum absolute atomic E-state index is 0.166. The lowest BCUT2D eigenvalue weighted by Crippen LogP contribution is -2.46. The van der Waals surface area contributed by atoms with Crippen LogP contribution in [0.15, 0.2) is 76.7 Å². The van der Waals surface area contributed by atoms with E-state index in [-0.39, 0.29) is 24.1 Å². The fraction of sp³-hybridized carbons (Fsp3) is 0.241. The van der Waals surface area contributed by atoms with Gasteiger partial charge in [0.2, 0.25) is 11.0 Å². The van der Waals surface area contributed by atoms with Crippen molar-refractivity contribution in [3.05, 3.63) is 82.7 Å². The van der Waals surface area contributed by atoms with Gasteiger partial charge < -0.3 is 5.32 Å². The van der Waals surface area contributed by atoms with Crippen LogP contribution < -0.4 is 26.7 Å². The van der Waals surface area contributed by atoms with Crippen LogP contribution in [0.2, 0.25) is 0 Å². The van der Waals surface area contributed by atoms with Crippen LogP contribution in [0.3, 0.4) is 0 Å². The van der Waals surface area contributed by atoms with Crippen molar-refractivity contribution in [3.8, 4) is 11.3 Å². The van der Waals surface area contributed by atoms with Gasteiger partial charge in [-0.25, -0.2) is 20.9 Å². The highest BCUT2D eigenvalue weighted by atomic mass is 32.1. The summed E-state index contributed by atoms with van der Waals surface area (Å²) in [6.07, 6.45) is 5.17. The van der Waals surface area contributed by atoms with E-state index < -0.39 is 6.04 Å². The van der Waals surface area contributed by atoms with Crippen LogP contribution in [0.5, 0.6) is 0 Å². The molecule has 0 saturated heterocycles. The number of nitrogens with zero attached hydrogens (tertiary/aromatic N) is 4. The number of hydroxylamine groups is 1. The Kier molecular flexibility index (Phi) is 10.2. The lowest BCUT2D eigenvalue weighted by Gasteiger charge is -2.14. The smallest absolute Gasteiger partial charge is 0.274 e. The Morgan fingerprint density at radius 3 is 2.49 bits per heavy atom. The maximum absolute atomic E-state index is 13.5. The van der Waals surface area contributed by atoms with E-state index in [1.165, 1.54) is 27.7 Å². The second kappa shape index (κ2) is 14.6. The van der Waals surface area contributed by atoms with E-state index in [2.05, 4.69) is 31.2 Å². The average molecular weight is 619 g/mol. The zero-order chi connectivity index (χ0) is 30.0. The van der Waals surface area contributed by atoms with Crippen LogP contribution in [0.25, 0.3) is 11.3 Å². The van der Waals surface area contributed by atoms with E-state index in [1.807, 2.05) is 53.2 Å². The van der Waals surface area contributed by atoms with Gasteiger partial charge in [0.15, 0.2) is 11.2 Å². The lowest BCUT2D eigenvalue weighted by molar-refractivity contribution is -0.129. The SMILES string of the molecule is O=C(CCCCCCNC(=O)c1ccc(-c2csc(N3N=C(c4ccccc4)C(NNc4nccs4)C3=O)n2)cc1)NO. The predicted molar refractivity (Wildman–Crippen MR) is 166 cm³/mol. The van der Waals surface area contributed by atoms with Crippen molar-refractivity contribution >= 4 is 56.4 Å². The Hall–Kier alpha value is -4.50. The highest BCUT2D eigenvalue weighted by Crippen LogP contribution is 2.31. The van der Waals surface area contributed by atoms with Crippen LogP contribution in [-0.2, 0) is 9.59 Å². The first-order valence-electron chi connectivity index (χ1n) is 13.7. The standard InChI is InChI=1S/C29H30N8O4S2/c38-23(36-41)10-6-1-2-7-15-30-26(39)21-13-11-19(12-14-21)22-18-43-29(32-22)37-27(40)25(33-34-28-31-16-17-42-28)24(35-37)20-8-4-3-5-9-20/h3-5,8-9,11-14,16-18,25,33,41H,1-2,6-7,10,15H2,(H,30,39)(H,31,34)(H,36,38). The van der Waals surface area contributed by atoms with Gasteiger partial charge in [-0.1, -0.05) is 55.3 Å². The molecular weight excluding hydrogens is 589 g/mol. The minimum atomic E-state index is -0.746. The summed E-state index contributed by atoms with van der Waals surface area (Å²) in [5.41, 5.74) is 11.1. The van der Waals surface area contributed by atoms with Crippen molar-refractivity contribution < 1.29 is 19.6 Å². The molecule has 2 aromatic heterocycles. The summed E-state index contributed by atoms with van der Waals surface area (Å²) in [5, 5.41) is 22.1. The molecule has 1 atom stereocenters. The lowest BCUT2D eigenvalue weighted by atomic mass is 10.0. The number of amides is 3. The van der Waals surface area contributed by atoms with Gasteiger partial charge in [0.25, 0.3) is 11.8 Å². The number of nitrogens with one attached hydrogen (secondary N) is 4. The number of hydrogen-bond acceptors (Lipinski definition) is 11. The molecule has 0 aliphatic carbocycles. The largest absolute Gasteiger partial charge is 0.352 e. The molecule has 2 aromatic carbocycles. The molecule has 5 N–H and O–H groups in total. The molecule has 0 saturated carbocycles. The number of aromatic nitrogens is 2. The molecule has 5 rings (SSSR count). The molecule has 3 amide bonds. The highest BCUT2D eigenvalue weighted by molar-refractivity contribution is 7.14. The number of unbranched alkanes of at least 4 members (excludes halogenated alkanes) is 3. The number of carbonyl (C=O) groups excluding carboxylic acids is 3. The maximum Gasteiger partial charge on any atom is 0.274 e. The first-order chi connectivity index (χ1) is 21.0. The molecule has 0 radical (unpaired) electrons. The summed E-state index contributed by atoms with van der Waals surface area (Å²) < 4.78 is 0. The Labute approximate surface area is 255 Å². The molecule has 222 valence electrons. The van der Waals surface area contributed by atoms with Gasteiger partial charge in [-0.2, -0.15) is 10.1 Å². The molecule has 43 heavy (non-hydrogen) atoms. The zero-order valence-electron chi connectivity index (χ0n) is 23.0. The van der Waals surface area contributed by atoms with E-state index >= 15 is 0 Å². The van der Waals surface area contributed by atoms with Crippen LogP contribution in [0, 0.1) is 0 Å². The fourth-order valence-corrected chi connectivity index (χ4v) is 5.66. The van der Waals surface area contributed by atoms with Crippen LogP contribution >= 0.6 is 22.7 Å². The van der Waals surface area contributed by atoms with Crippen molar-refractivity contribution in [1.29, 1.82) is 0 Å². The fourth-order valence-electron chi connectivity index (χ4n) is 4.38. The Morgan fingerprint density at radius 1 is 0.953 bits per heavy atom. The third-order valence-electron chi connectivity index (χ3n) is 6.62. The molecule has 1 unspecified atom stereocenters. The molecule has 0 fully saturated rings. The number of carbonyl (C=O) groups is 3. The van der Waals surface area contributed by atoms with Crippen molar-refractivity contribution in [2.24, 2.45) is 5.10 Å². The van der Waals surface area contributed by atoms with Gasteiger partial charge in [-0.05, 0) is 25.0 Å². The van der Waals surface area contributed by atoms with E-state index in [0.717, 1.165) is 30.4 Å². The molecule has 0 spiro atoms. The highest BCUT2D eigenvalue weighted by Gasteiger charge is 2.39. The molecule has 3 heterocycles. The summed E-state index contributed by atoms with van der Waals surface area (Å²) in [6, 6.07) is 15.9. The second-order valence-corrected chi connectivity index (χ2v) is 11.3. The van der Waals surface area contributed by atoms with E-state index in [0.29, 0.717) is 40.2 Å². The number of hydrazine groups is 1. The Bertz CT molecular complexity index is 1560. The maximum atomic E-state index is 13.5. The summed E-state index contributed by atoms with van der Waals surface area (Å²) in [5.74, 6) is -0.824. The molecular formula is C29H30N8O4S2. The molecule has 0 bridgehead atoms. The van der Waals surface area contributed by atoms with Crippen molar-refractivity contribution in [2.45, 2.75) is 38.1 Å². The zero-order valence-corrected chi connectivity index (χ0v) is 24.7. The number of hydrogen-bond donors (Lipinski definition) is 5. The first-order valence-corrected chi connectivity index (χ1v) is 15.5. The summed E-state index contributed by atoms with van der Waals surface area (Å²) >= 11 is 2.72. The Balaban J connectivity index is 1.19. The van der Waals surface area contributed by atoms with Gasteiger partial charge in [0.1, 0.15) is 0 Å². The predicted octanol–water partition coefficient (Wildman–Crippen LogP) is 4.19.